The summed E-state index contributed by atoms with van der Waals surface area (Å²) in [5, 5.41) is 13.7. The molecule has 0 aromatic heterocycles. The Hall–Kier alpha value is -3.94. The van der Waals surface area contributed by atoms with Crippen molar-refractivity contribution in [2.75, 3.05) is 21.3 Å². The lowest BCUT2D eigenvalue weighted by molar-refractivity contribution is -0.146. The molecule has 0 saturated heterocycles. The quantitative estimate of drug-likeness (QED) is 0.429. The molecule has 5 rings (SSSR count). The number of esters is 1. The maximum atomic E-state index is 14.0. The van der Waals surface area contributed by atoms with Crippen molar-refractivity contribution in [2.45, 2.75) is 69.8 Å². The van der Waals surface area contributed by atoms with Gasteiger partial charge in [0.05, 0.1) is 26.9 Å². The number of methoxy groups -OCH3 is 3. The first-order valence-electron chi connectivity index (χ1n) is 13.9. The minimum absolute atomic E-state index is 0.00934. The molecule has 8 nitrogen and oxygen atoms in total. The van der Waals surface area contributed by atoms with Crippen molar-refractivity contribution in [1.82, 2.24) is 5.32 Å². The zero-order valence-corrected chi connectivity index (χ0v) is 23.5. The van der Waals surface area contributed by atoms with E-state index in [0.717, 1.165) is 43.4 Å². The van der Waals surface area contributed by atoms with E-state index in [1.165, 1.54) is 13.2 Å². The van der Waals surface area contributed by atoms with E-state index in [0.29, 0.717) is 40.3 Å². The number of carbonyl (C=O) groups is 2. The van der Waals surface area contributed by atoms with Gasteiger partial charge in [0.15, 0.2) is 28.8 Å². The Labute approximate surface area is 235 Å². The number of aromatic hydroxyl groups is 1. The van der Waals surface area contributed by atoms with Crippen LogP contribution in [0.4, 0.5) is 0 Å². The van der Waals surface area contributed by atoms with E-state index in [2.05, 4.69) is 5.32 Å². The Kier molecular flexibility index (Phi) is 8.05. The van der Waals surface area contributed by atoms with Gasteiger partial charge in [0.25, 0.3) is 0 Å². The number of carbonyl (C=O) groups excluding carboxylic acids is 2. The van der Waals surface area contributed by atoms with Gasteiger partial charge in [0.2, 0.25) is 0 Å². The summed E-state index contributed by atoms with van der Waals surface area (Å²) >= 11 is 0. The molecule has 0 unspecified atom stereocenters. The Morgan fingerprint density at radius 2 is 1.55 bits per heavy atom. The van der Waals surface area contributed by atoms with Crippen LogP contribution in [0.25, 0.3) is 0 Å². The molecule has 2 atom stereocenters. The van der Waals surface area contributed by atoms with Crippen LogP contribution >= 0.6 is 0 Å². The highest BCUT2D eigenvalue weighted by atomic mass is 16.5. The normalized spacial score (nSPS) is 21.4. The number of phenolic OH excluding ortho intramolecular Hbond substituents is 1. The van der Waals surface area contributed by atoms with Crippen LogP contribution in [0.15, 0.2) is 58.9 Å². The Balaban J connectivity index is 1.54. The van der Waals surface area contributed by atoms with Gasteiger partial charge in [-0.05, 0) is 80.3 Å². The number of nitrogens with one attached hydrogen (secondary N) is 1. The highest BCUT2D eigenvalue weighted by Gasteiger charge is 2.42. The van der Waals surface area contributed by atoms with Crippen LogP contribution in [0, 0.1) is 0 Å². The van der Waals surface area contributed by atoms with E-state index < -0.39 is 11.9 Å². The van der Waals surface area contributed by atoms with Gasteiger partial charge in [-0.1, -0.05) is 18.6 Å². The summed E-state index contributed by atoms with van der Waals surface area (Å²) in [4.78, 5) is 27.7. The van der Waals surface area contributed by atoms with Crippen molar-refractivity contribution in [1.29, 1.82) is 0 Å². The maximum Gasteiger partial charge on any atom is 0.337 e. The molecule has 0 bridgehead atoms. The molecule has 2 aliphatic carbocycles. The average molecular weight is 548 g/mol. The van der Waals surface area contributed by atoms with Gasteiger partial charge in [-0.15, -0.1) is 0 Å². The van der Waals surface area contributed by atoms with Crippen molar-refractivity contribution in [3.8, 4) is 23.0 Å². The van der Waals surface area contributed by atoms with E-state index in [4.69, 9.17) is 18.9 Å². The number of benzene rings is 2. The highest BCUT2D eigenvalue weighted by molar-refractivity contribution is 6.04. The first-order valence-corrected chi connectivity index (χ1v) is 13.9. The third-order valence-corrected chi connectivity index (χ3v) is 8.29. The lowest BCUT2D eigenvalue weighted by atomic mass is 9.71. The van der Waals surface area contributed by atoms with Crippen molar-refractivity contribution in [3.05, 3.63) is 70.1 Å². The second-order valence-corrected chi connectivity index (χ2v) is 10.7. The molecule has 212 valence electrons. The molecule has 0 radical (unpaired) electrons. The molecule has 2 N–H and O–H groups in total. The highest BCUT2D eigenvalue weighted by Crippen LogP contribution is 2.47. The summed E-state index contributed by atoms with van der Waals surface area (Å²) in [7, 11) is 4.66. The fourth-order valence-corrected chi connectivity index (χ4v) is 6.26. The molecule has 2 aromatic carbocycles. The Morgan fingerprint density at radius 3 is 2.25 bits per heavy atom. The molecule has 8 heteroatoms. The molecule has 0 amide bonds. The zero-order chi connectivity index (χ0) is 28.4. The third kappa shape index (κ3) is 5.27. The predicted octanol–water partition coefficient (Wildman–Crippen LogP) is 5.66. The molecular weight excluding hydrogens is 510 g/mol. The van der Waals surface area contributed by atoms with E-state index >= 15 is 0 Å². The number of hydrogen-bond acceptors (Lipinski definition) is 8. The first-order chi connectivity index (χ1) is 19.3. The molecule has 1 saturated carbocycles. The largest absolute Gasteiger partial charge is 0.504 e. The molecular formula is C32H37NO7. The number of rotatable bonds is 7. The predicted molar refractivity (Wildman–Crippen MR) is 150 cm³/mol. The van der Waals surface area contributed by atoms with Crippen LogP contribution < -0.4 is 19.5 Å². The second kappa shape index (κ2) is 11.7. The van der Waals surface area contributed by atoms with Crippen LogP contribution in [-0.2, 0) is 14.3 Å². The number of Topliss-reactive ketones (excluding diaryl/α,β-unsaturated/α-hetero) is 1. The minimum atomic E-state index is -0.638. The van der Waals surface area contributed by atoms with Gasteiger partial charge in [-0.2, -0.15) is 0 Å². The van der Waals surface area contributed by atoms with Gasteiger partial charge in [-0.25, -0.2) is 4.79 Å². The molecule has 3 aliphatic rings. The molecule has 1 aliphatic heterocycles. The summed E-state index contributed by atoms with van der Waals surface area (Å²) in [6, 6.07) is 10.7. The maximum absolute atomic E-state index is 14.0. The number of phenols is 1. The monoisotopic (exact) mass is 547 g/mol. The summed E-state index contributed by atoms with van der Waals surface area (Å²) in [5.74, 6) is 0.355. The van der Waals surface area contributed by atoms with Gasteiger partial charge in [0.1, 0.15) is 6.10 Å². The number of dihydropyridines is 1. The van der Waals surface area contributed by atoms with Crippen molar-refractivity contribution >= 4 is 11.8 Å². The molecule has 40 heavy (non-hydrogen) atoms. The van der Waals surface area contributed by atoms with Gasteiger partial charge < -0.3 is 29.4 Å². The summed E-state index contributed by atoms with van der Waals surface area (Å²) < 4.78 is 22.3. The molecule has 1 heterocycles. The fraction of sp³-hybridized carbons (Fsp3) is 0.438. The van der Waals surface area contributed by atoms with Crippen molar-refractivity contribution in [3.63, 3.8) is 0 Å². The number of ether oxygens (including phenoxy) is 4. The number of allylic oxidation sites excluding steroid dienone is 3. The number of ketones is 1. The van der Waals surface area contributed by atoms with E-state index in [9.17, 15) is 14.7 Å². The lowest BCUT2D eigenvalue weighted by Crippen LogP contribution is -2.37. The summed E-state index contributed by atoms with van der Waals surface area (Å²) in [6.45, 7) is 1.86. The van der Waals surface area contributed by atoms with Crippen LogP contribution in [0.2, 0.25) is 0 Å². The second-order valence-electron chi connectivity index (χ2n) is 10.7. The van der Waals surface area contributed by atoms with Crippen molar-refractivity contribution in [2.24, 2.45) is 0 Å². The molecule has 2 aromatic rings. The van der Waals surface area contributed by atoms with Crippen LogP contribution in [-0.4, -0.2) is 44.3 Å². The standard InChI is InChI=1S/C32H37NO7/c1-18-29(32(36)40-22-8-6-5-7-9-22)30(20-10-12-24(34)27(17-20)38-3)31-23(33-18)14-21(15-25(31)35)19-11-13-26(37-2)28(16-19)39-4/h10-13,16-17,21-22,30,33-34H,5-9,14-15H2,1-4H3/t21-,30+/m0/s1. The lowest BCUT2D eigenvalue weighted by Gasteiger charge is -2.37. The topological polar surface area (TPSA) is 103 Å². The van der Waals surface area contributed by atoms with E-state index in [1.807, 2.05) is 25.1 Å². The van der Waals surface area contributed by atoms with E-state index in [-0.39, 0.29) is 35.7 Å². The van der Waals surface area contributed by atoms with Gasteiger partial charge >= 0.3 is 5.97 Å². The molecule has 1 fully saturated rings. The van der Waals surface area contributed by atoms with Gasteiger partial charge in [-0.3, -0.25) is 4.79 Å². The Bertz CT molecular complexity index is 1370. The summed E-state index contributed by atoms with van der Waals surface area (Å²) in [6.07, 6.45) is 5.68. The van der Waals surface area contributed by atoms with E-state index in [1.54, 1.807) is 26.4 Å². The average Bonchev–Trinajstić information content (AvgIpc) is 2.96. The first kappa shape index (κ1) is 27.6. The van der Waals surface area contributed by atoms with Crippen LogP contribution in [0.5, 0.6) is 23.0 Å². The SMILES string of the molecule is COc1cc([C@@H]2C(C(=O)OC3CCCCC3)=C(C)NC3=C2C(=O)C[C@@H](c2ccc(OC)c(OC)c2)C3)ccc1O. The Morgan fingerprint density at radius 1 is 0.875 bits per heavy atom. The van der Waals surface area contributed by atoms with Gasteiger partial charge in [0, 0.05) is 29.3 Å². The van der Waals surface area contributed by atoms with Crippen molar-refractivity contribution < 1.29 is 33.6 Å². The van der Waals surface area contributed by atoms with Crippen LogP contribution in [0.1, 0.15) is 74.8 Å². The number of hydrogen-bond donors (Lipinski definition) is 2. The fourth-order valence-electron chi connectivity index (χ4n) is 6.26. The zero-order valence-electron chi connectivity index (χ0n) is 23.5. The minimum Gasteiger partial charge on any atom is -0.504 e. The molecule has 0 spiro atoms. The summed E-state index contributed by atoms with van der Waals surface area (Å²) in [5.41, 5.74) is 4.11. The third-order valence-electron chi connectivity index (χ3n) is 8.29. The smallest absolute Gasteiger partial charge is 0.337 e. The van der Waals surface area contributed by atoms with Crippen LogP contribution in [0.3, 0.4) is 0 Å².